The zero-order valence-corrected chi connectivity index (χ0v) is 19.7. The normalized spacial score (nSPS) is 17.8. The maximum absolute atomic E-state index is 12.5. The highest BCUT2D eigenvalue weighted by molar-refractivity contribution is 7.13. The minimum Gasteiger partial charge on any atom is -0.340 e. The fourth-order valence-corrected chi connectivity index (χ4v) is 4.95. The Hall–Kier alpha value is -1.18. The van der Waals surface area contributed by atoms with Gasteiger partial charge in [0.1, 0.15) is 5.01 Å². The summed E-state index contributed by atoms with van der Waals surface area (Å²) in [5.41, 5.74) is 2.32. The monoisotopic (exact) mass is 470 g/mol. The van der Waals surface area contributed by atoms with Crippen LogP contribution in [0, 0.1) is 5.92 Å². The summed E-state index contributed by atoms with van der Waals surface area (Å²) >= 11 is 1.71. The molecule has 2 aromatic rings. The Kier molecular flexibility index (Phi) is 10.6. The third-order valence-electron chi connectivity index (χ3n) is 5.91. The van der Waals surface area contributed by atoms with Crippen molar-refractivity contribution in [1.29, 1.82) is 0 Å². The predicted octanol–water partition coefficient (Wildman–Crippen LogP) is 4.08. The molecule has 1 amide bonds. The van der Waals surface area contributed by atoms with E-state index >= 15 is 0 Å². The van der Waals surface area contributed by atoms with E-state index in [-0.39, 0.29) is 24.8 Å². The number of carbonyl (C=O) groups is 1. The van der Waals surface area contributed by atoms with Crippen molar-refractivity contribution in [3.63, 3.8) is 0 Å². The number of halogens is 2. The van der Waals surface area contributed by atoms with Crippen LogP contribution >= 0.6 is 36.2 Å². The number of piperazine rings is 1. The Balaban J connectivity index is 0.00000160. The van der Waals surface area contributed by atoms with E-state index in [1.54, 1.807) is 11.3 Å². The quantitative estimate of drug-likeness (QED) is 0.690. The first-order valence-electron chi connectivity index (χ1n) is 10.5. The fraction of sp³-hybridized carbons (Fsp3) is 0.545. The van der Waals surface area contributed by atoms with Gasteiger partial charge in [-0.3, -0.25) is 9.69 Å². The molecular weight excluding hydrogens is 439 g/mol. The summed E-state index contributed by atoms with van der Waals surface area (Å²) < 4.78 is 0. The van der Waals surface area contributed by atoms with E-state index in [1.165, 1.54) is 18.4 Å². The molecule has 3 heterocycles. The zero-order valence-electron chi connectivity index (χ0n) is 17.3. The number of amides is 1. The van der Waals surface area contributed by atoms with E-state index in [9.17, 15) is 4.79 Å². The predicted molar refractivity (Wildman–Crippen MR) is 129 cm³/mol. The van der Waals surface area contributed by atoms with Crippen molar-refractivity contribution >= 4 is 42.1 Å². The average molecular weight is 471 g/mol. The van der Waals surface area contributed by atoms with Crippen molar-refractivity contribution in [3.05, 3.63) is 41.4 Å². The number of rotatable bonds is 6. The van der Waals surface area contributed by atoms with Crippen LogP contribution in [-0.4, -0.2) is 60.0 Å². The first-order chi connectivity index (χ1) is 13.8. The third kappa shape index (κ3) is 6.92. The van der Waals surface area contributed by atoms with Crippen LogP contribution in [0.2, 0.25) is 0 Å². The second-order valence-corrected chi connectivity index (χ2v) is 8.76. The highest BCUT2D eigenvalue weighted by atomic mass is 35.5. The molecule has 5 nitrogen and oxygen atoms in total. The van der Waals surface area contributed by atoms with Crippen LogP contribution in [0.15, 0.2) is 35.7 Å². The summed E-state index contributed by atoms with van der Waals surface area (Å²) in [5.74, 6) is 1.08. The van der Waals surface area contributed by atoms with Gasteiger partial charge in [-0.2, -0.15) is 0 Å². The number of piperidine rings is 1. The summed E-state index contributed by atoms with van der Waals surface area (Å²) in [5, 5.41) is 6.65. The zero-order chi connectivity index (χ0) is 19.2. The van der Waals surface area contributed by atoms with Gasteiger partial charge < -0.3 is 10.2 Å². The lowest BCUT2D eigenvalue weighted by Gasteiger charge is -2.34. The second kappa shape index (κ2) is 12.6. The molecule has 2 aliphatic heterocycles. The molecule has 2 saturated heterocycles. The molecule has 30 heavy (non-hydrogen) atoms. The molecule has 1 aromatic carbocycles. The maximum atomic E-state index is 12.5. The average Bonchev–Trinajstić information content (AvgIpc) is 3.22. The van der Waals surface area contributed by atoms with Crippen LogP contribution in [0.5, 0.6) is 0 Å². The van der Waals surface area contributed by atoms with E-state index in [2.05, 4.69) is 44.8 Å². The lowest BCUT2D eigenvalue weighted by molar-refractivity contribution is -0.133. The number of benzene rings is 1. The van der Waals surface area contributed by atoms with E-state index in [4.69, 9.17) is 4.98 Å². The van der Waals surface area contributed by atoms with Gasteiger partial charge in [-0.15, -0.1) is 36.2 Å². The van der Waals surface area contributed by atoms with Gasteiger partial charge >= 0.3 is 0 Å². The molecule has 8 heteroatoms. The number of aromatic nitrogens is 1. The van der Waals surface area contributed by atoms with Gasteiger partial charge in [0.15, 0.2) is 0 Å². The van der Waals surface area contributed by atoms with E-state index in [1.807, 2.05) is 6.07 Å². The van der Waals surface area contributed by atoms with Crippen molar-refractivity contribution in [3.8, 4) is 10.6 Å². The molecule has 0 unspecified atom stereocenters. The number of nitrogens with one attached hydrogen (secondary N) is 1. The molecule has 0 saturated carbocycles. The van der Waals surface area contributed by atoms with Crippen molar-refractivity contribution in [2.45, 2.75) is 32.2 Å². The van der Waals surface area contributed by atoms with Gasteiger partial charge in [-0.25, -0.2) is 4.98 Å². The van der Waals surface area contributed by atoms with Gasteiger partial charge in [0.25, 0.3) is 0 Å². The summed E-state index contributed by atoms with van der Waals surface area (Å²) in [6.07, 6.45) is 4.22. The smallest absolute Gasteiger partial charge is 0.222 e. The Morgan fingerprint density at radius 2 is 1.77 bits per heavy atom. The number of hydrogen-bond donors (Lipinski definition) is 1. The lowest BCUT2D eigenvalue weighted by atomic mass is 9.93. The molecule has 4 rings (SSSR count). The molecule has 0 radical (unpaired) electrons. The standard InChI is InChI=1S/C22H30N4OS.2ClH/c27-21(7-6-18-8-10-23-11-9-18)26-14-12-25(13-15-26)16-20-17-28-22(24-20)19-4-2-1-3-5-19;;/h1-5,17-18,23H,6-16H2;2*1H. The van der Waals surface area contributed by atoms with Crippen LogP contribution in [0.3, 0.4) is 0 Å². The molecule has 2 fully saturated rings. The topological polar surface area (TPSA) is 48.5 Å². The molecule has 0 atom stereocenters. The SMILES string of the molecule is Cl.Cl.O=C(CCC1CCNCC1)N1CCN(Cc2csc(-c3ccccc3)n2)CC1. The largest absolute Gasteiger partial charge is 0.340 e. The molecule has 2 aliphatic rings. The van der Waals surface area contributed by atoms with Crippen LogP contribution < -0.4 is 5.32 Å². The molecule has 0 aliphatic carbocycles. The molecular formula is C22H32Cl2N4OS. The summed E-state index contributed by atoms with van der Waals surface area (Å²) in [7, 11) is 0. The first-order valence-corrected chi connectivity index (χ1v) is 11.4. The number of thiazole rings is 1. The molecule has 0 bridgehead atoms. The molecule has 1 N–H and O–H groups in total. The Morgan fingerprint density at radius 3 is 2.47 bits per heavy atom. The van der Waals surface area contributed by atoms with E-state index < -0.39 is 0 Å². The highest BCUT2D eigenvalue weighted by Gasteiger charge is 2.23. The van der Waals surface area contributed by atoms with Crippen LogP contribution in [0.4, 0.5) is 0 Å². The van der Waals surface area contributed by atoms with Crippen LogP contribution in [0.1, 0.15) is 31.4 Å². The minimum atomic E-state index is 0. The van der Waals surface area contributed by atoms with Crippen LogP contribution in [0.25, 0.3) is 10.6 Å². The highest BCUT2D eigenvalue weighted by Crippen LogP contribution is 2.24. The van der Waals surface area contributed by atoms with Crippen molar-refractivity contribution in [2.75, 3.05) is 39.3 Å². The first kappa shape index (κ1) is 25.1. The van der Waals surface area contributed by atoms with Gasteiger partial charge in [0, 0.05) is 50.1 Å². The minimum absolute atomic E-state index is 0. The Labute approximate surface area is 196 Å². The molecule has 1 aromatic heterocycles. The van der Waals surface area contributed by atoms with Crippen LogP contribution in [-0.2, 0) is 11.3 Å². The summed E-state index contributed by atoms with van der Waals surface area (Å²) in [6, 6.07) is 10.4. The van der Waals surface area contributed by atoms with Gasteiger partial charge in [-0.1, -0.05) is 30.3 Å². The summed E-state index contributed by atoms with van der Waals surface area (Å²) in [6.45, 7) is 6.68. The molecule has 0 spiro atoms. The second-order valence-electron chi connectivity index (χ2n) is 7.90. The van der Waals surface area contributed by atoms with Crippen molar-refractivity contribution in [2.24, 2.45) is 5.92 Å². The van der Waals surface area contributed by atoms with E-state index in [0.717, 1.165) is 75.3 Å². The molecule has 166 valence electrons. The Morgan fingerprint density at radius 1 is 1.07 bits per heavy atom. The third-order valence-corrected chi connectivity index (χ3v) is 6.85. The van der Waals surface area contributed by atoms with Gasteiger partial charge in [0.05, 0.1) is 5.69 Å². The number of nitrogens with zero attached hydrogens (tertiary/aromatic N) is 3. The number of carbonyl (C=O) groups excluding carboxylic acids is 1. The van der Waals surface area contributed by atoms with Gasteiger partial charge in [0.2, 0.25) is 5.91 Å². The number of hydrogen-bond acceptors (Lipinski definition) is 5. The lowest BCUT2D eigenvalue weighted by Crippen LogP contribution is -2.48. The van der Waals surface area contributed by atoms with Crippen molar-refractivity contribution < 1.29 is 4.79 Å². The van der Waals surface area contributed by atoms with Crippen molar-refractivity contribution in [1.82, 2.24) is 20.1 Å². The maximum Gasteiger partial charge on any atom is 0.222 e. The Bertz CT molecular complexity index is 760. The van der Waals surface area contributed by atoms with E-state index in [0.29, 0.717) is 5.91 Å². The summed E-state index contributed by atoms with van der Waals surface area (Å²) in [4.78, 5) is 21.8. The van der Waals surface area contributed by atoms with Gasteiger partial charge in [-0.05, 0) is 38.3 Å². The fourth-order valence-electron chi connectivity index (χ4n) is 4.13.